The summed E-state index contributed by atoms with van der Waals surface area (Å²) >= 11 is 0. The number of carbonyl (C=O) groups is 2. The van der Waals surface area contributed by atoms with Crippen molar-refractivity contribution in [1.82, 2.24) is 0 Å². The van der Waals surface area contributed by atoms with E-state index in [0.29, 0.717) is 38.0 Å². The maximum Gasteiger partial charge on any atom is 0.311 e. The summed E-state index contributed by atoms with van der Waals surface area (Å²) in [5.74, 6) is 0.128. The van der Waals surface area contributed by atoms with E-state index in [2.05, 4.69) is 27.7 Å². The lowest BCUT2D eigenvalue weighted by Gasteiger charge is -2.18. The number of rotatable bonds is 11. The van der Waals surface area contributed by atoms with Gasteiger partial charge in [-0.25, -0.2) is 0 Å². The number of carbonyl (C=O) groups excluding carboxylic acids is 2. The van der Waals surface area contributed by atoms with Gasteiger partial charge in [-0.1, -0.05) is 59.1 Å². The van der Waals surface area contributed by atoms with Gasteiger partial charge >= 0.3 is 11.9 Å². The molecule has 0 radical (unpaired) electrons. The minimum Gasteiger partial charge on any atom is -0.466 e. The first-order chi connectivity index (χ1) is 12.3. The third kappa shape index (κ3) is 9.59. The van der Waals surface area contributed by atoms with E-state index in [9.17, 15) is 9.59 Å². The van der Waals surface area contributed by atoms with Crippen LogP contribution >= 0.6 is 0 Å². The number of hydrogen-bond acceptors (Lipinski definition) is 4. The summed E-state index contributed by atoms with van der Waals surface area (Å²) in [6, 6.07) is 7.63. The summed E-state index contributed by atoms with van der Waals surface area (Å²) in [4.78, 5) is 23.5. The molecule has 4 heteroatoms. The molecule has 0 saturated carbocycles. The van der Waals surface area contributed by atoms with Crippen molar-refractivity contribution in [2.75, 3.05) is 6.61 Å². The zero-order valence-electron chi connectivity index (χ0n) is 16.8. The predicted octanol–water partition coefficient (Wildman–Crippen LogP) is 5.57. The molecule has 146 valence electrons. The Bertz CT molecular complexity index is 540. The van der Waals surface area contributed by atoms with Crippen LogP contribution in [0.15, 0.2) is 24.3 Å². The van der Waals surface area contributed by atoms with E-state index in [0.717, 1.165) is 12.8 Å². The highest BCUT2D eigenvalue weighted by atomic mass is 16.5. The molecule has 0 heterocycles. The molecule has 0 aromatic heterocycles. The molecule has 1 aromatic carbocycles. The fourth-order valence-corrected chi connectivity index (χ4v) is 2.53. The van der Waals surface area contributed by atoms with Crippen LogP contribution in [0.5, 0.6) is 5.75 Å². The largest absolute Gasteiger partial charge is 0.466 e. The van der Waals surface area contributed by atoms with Crippen molar-refractivity contribution < 1.29 is 19.1 Å². The van der Waals surface area contributed by atoms with Crippen LogP contribution in [-0.4, -0.2) is 18.5 Å². The number of esters is 2. The molecule has 1 rings (SSSR count). The topological polar surface area (TPSA) is 52.6 Å². The highest BCUT2D eigenvalue weighted by Gasteiger charge is 2.13. The normalized spacial score (nSPS) is 11.2. The molecule has 0 saturated heterocycles. The maximum absolute atomic E-state index is 11.9. The standard InChI is InChI=1S/C22H34O4/c1-5-6-7-10-17-25-20(23)11-8-9-12-21(24)26-19-15-13-18(14-16-19)22(2,3)4/h13-16H,5-12,17H2,1-4H3. The quantitative estimate of drug-likeness (QED) is 0.293. The van der Waals surface area contributed by atoms with E-state index >= 15 is 0 Å². The summed E-state index contributed by atoms with van der Waals surface area (Å²) in [5, 5.41) is 0. The highest BCUT2D eigenvalue weighted by molar-refractivity contribution is 5.72. The fraction of sp³-hybridized carbons (Fsp3) is 0.636. The Labute approximate surface area is 158 Å². The molecule has 0 aliphatic heterocycles. The summed E-state index contributed by atoms with van der Waals surface area (Å²) in [5.41, 5.74) is 1.28. The number of ether oxygens (including phenoxy) is 2. The van der Waals surface area contributed by atoms with Gasteiger partial charge in [-0.2, -0.15) is 0 Å². The second kappa shape index (κ2) is 11.7. The van der Waals surface area contributed by atoms with E-state index in [1.165, 1.54) is 18.4 Å². The van der Waals surface area contributed by atoms with Gasteiger partial charge in [0.15, 0.2) is 0 Å². The average molecular weight is 363 g/mol. The summed E-state index contributed by atoms with van der Waals surface area (Å²) in [7, 11) is 0. The van der Waals surface area contributed by atoms with Gasteiger partial charge < -0.3 is 9.47 Å². The van der Waals surface area contributed by atoms with Crippen LogP contribution < -0.4 is 4.74 Å². The molecule has 0 atom stereocenters. The zero-order chi connectivity index (χ0) is 19.4. The first-order valence-corrected chi connectivity index (χ1v) is 9.79. The molecule has 0 fully saturated rings. The third-order valence-corrected chi connectivity index (χ3v) is 4.22. The molecule has 0 unspecified atom stereocenters. The molecule has 0 amide bonds. The van der Waals surface area contributed by atoms with E-state index in [4.69, 9.17) is 9.47 Å². The van der Waals surface area contributed by atoms with Crippen molar-refractivity contribution in [2.45, 2.75) is 84.5 Å². The summed E-state index contributed by atoms with van der Waals surface area (Å²) in [6.07, 6.45) is 6.33. The minimum absolute atomic E-state index is 0.0765. The number of hydrogen-bond donors (Lipinski definition) is 0. The van der Waals surface area contributed by atoms with Crippen molar-refractivity contribution in [3.05, 3.63) is 29.8 Å². The van der Waals surface area contributed by atoms with Crippen LogP contribution in [0.1, 0.15) is 84.6 Å². The molecule has 1 aromatic rings. The van der Waals surface area contributed by atoms with Crippen LogP contribution in [0.4, 0.5) is 0 Å². The van der Waals surface area contributed by atoms with Crippen molar-refractivity contribution in [3.8, 4) is 5.75 Å². The molecule has 0 bridgehead atoms. The Morgan fingerprint density at radius 3 is 2.04 bits per heavy atom. The Balaban J connectivity index is 2.16. The van der Waals surface area contributed by atoms with E-state index < -0.39 is 0 Å². The Morgan fingerprint density at radius 1 is 0.846 bits per heavy atom. The Hall–Kier alpha value is -1.84. The Kier molecular flexibility index (Phi) is 10.0. The second-order valence-electron chi connectivity index (χ2n) is 7.74. The third-order valence-electron chi connectivity index (χ3n) is 4.22. The molecule has 0 aliphatic rings. The van der Waals surface area contributed by atoms with Gasteiger partial charge in [0.05, 0.1) is 6.61 Å². The van der Waals surface area contributed by atoms with Crippen LogP contribution in [0.2, 0.25) is 0 Å². The van der Waals surface area contributed by atoms with Gasteiger partial charge in [0.1, 0.15) is 5.75 Å². The van der Waals surface area contributed by atoms with Crippen molar-refractivity contribution in [1.29, 1.82) is 0 Å². The predicted molar refractivity (Wildman–Crippen MR) is 104 cm³/mol. The van der Waals surface area contributed by atoms with Crippen LogP contribution in [-0.2, 0) is 19.7 Å². The van der Waals surface area contributed by atoms with Crippen LogP contribution in [0, 0.1) is 0 Å². The Morgan fingerprint density at radius 2 is 1.46 bits per heavy atom. The molecule has 0 spiro atoms. The first kappa shape index (κ1) is 22.2. The van der Waals surface area contributed by atoms with Gasteiger partial charge in [-0.15, -0.1) is 0 Å². The van der Waals surface area contributed by atoms with Crippen molar-refractivity contribution in [3.63, 3.8) is 0 Å². The van der Waals surface area contributed by atoms with Crippen molar-refractivity contribution >= 4 is 11.9 Å². The smallest absolute Gasteiger partial charge is 0.311 e. The number of benzene rings is 1. The monoisotopic (exact) mass is 362 g/mol. The van der Waals surface area contributed by atoms with Crippen LogP contribution in [0.25, 0.3) is 0 Å². The van der Waals surface area contributed by atoms with E-state index in [1.807, 2.05) is 24.3 Å². The van der Waals surface area contributed by atoms with Gasteiger partial charge in [0.2, 0.25) is 0 Å². The SMILES string of the molecule is CCCCCCOC(=O)CCCCC(=O)Oc1ccc(C(C)(C)C)cc1. The molecule has 4 nitrogen and oxygen atoms in total. The average Bonchev–Trinajstić information content (AvgIpc) is 2.58. The number of unbranched alkanes of at least 4 members (excludes halogenated alkanes) is 4. The molecule has 0 aliphatic carbocycles. The van der Waals surface area contributed by atoms with Gasteiger partial charge in [-0.05, 0) is 42.4 Å². The van der Waals surface area contributed by atoms with E-state index in [1.54, 1.807) is 0 Å². The van der Waals surface area contributed by atoms with Crippen LogP contribution in [0.3, 0.4) is 0 Å². The zero-order valence-corrected chi connectivity index (χ0v) is 16.8. The fourth-order valence-electron chi connectivity index (χ4n) is 2.53. The minimum atomic E-state index is -0.263. The molecule has 0 N–H and O–H groups in total. The molecular formula is C22H34O4. The molecular weight excluding hydrogens is 328 g/mol. The van der Waals surface area contributed by atoms with Gasteiger partial charge in [-0.3, -0.25) is 9.59 Å². The van der Waals surface area contributed by atoms with Crippen molar-refractivity contribution in [2.24, 2.45) is 0 Å². The highest BCUT2D eigenvalue weighted by Crippen LogP contribution is 2.24. The van der Waals surface area contributed by atoms with Gasteiger partial charge in [0.25, 0.3) is 0 Å². The van der Waals surface area contributed by atoms with E-state index in [-0.39, 0.29) is 17.4 Å². The summed E-state index contributed by atoms with van der Waals surface area (Å²) in [6.45, 7) is 9.09. The lowest BCUT2D eigenvalue weighted by atomic mass is 9.87. The first-order valence-electron chi connectivity index (χ1n) is 9.79. The lowest BCUT2D eigenvalue weighted by Crippen LogP contribution is -2.11. The second-order valence-corrected chi connectivity index (χ2v) is 7.74. The summed E-state index contributed by atoms with van der Waals surface area (Å²) < 4.78 is 10.5. The molecule has 26 heavy (non-hydrogen) atoms. The van der Waals surface area contributed by atoms with Gasteiger partial charge in [0, 0.05) is 12.8 Å². The maximum atomic E-state index is 11.9. The lowest BCUT2D eigenvalue weighted by molar-refractivity contribution is -0.144.